The number of benzene rings is 1. The molecule has 1 aromatic carbocycles. The molecular weight excluding hydrogens is 410 g/mol. The fraction of sp³-hybridized carbons (Fsp3) is 0.318. The molecule has 9 heteroatoms. The molecule has 1 saturated heterocycles. The fourth-order valence-electron chi connectivity index (χ4n) is 3.69. The molecule has 1 fully saturated rings. The molecule has 31 heavy (non-hydrogen) atoms. The minimum Gasteiger partial charge on any atom is -0.340 e. The Kier molecular flexibility index (Phi) is 6.21. The standard InChI is InChI=1S/C22H23N7OS/c1-15-9-17(13-28-5-7-29(8-6-28)16(2)30)11-18(10-15)26-22-24-4-3-19(27-22)21-20(12-23)31-14-25-21/h3-4,9-11,14H,5-8,13H2,1-2H3,(H,24,26,27). The summed E-state index contributed by atoms with van der Waals surface area (Å²) < 4.78 is 0. The summed E-state index contributed by atoms with van der Waals surface area (Å²) in [5, 5.41) is 12.5. The number of nitrogens with one attached hydrogen (secondary N) is 1. The van der Waals surface area contributed by atoms with Gasteiger partial charge in [0.25, 0.3) is 0 Å². The van der Waals surface area contributed by atoms with Crippen LogP contribution in [0.15, 0.2) is 36.0 Å². The van der Waals surface area contributed by atoms with Crippen LogP contribution >= 0.6 is 11.3 Å². The van der Waals surface area contributed by atoms with E-state index in [9.17, 15) is 10.1 Å². The van der Waals surface area contributed by atoms with E-state index in [4.69, 9.17) is 0 Å². The van der Waals surface area contributed by atoms with Crippen LogP contribution in [0.25, 0.3) is 11.4 Å². The molecule has 158 valence electrons. The van der Waals surface area contributed by atoms with Crippen molar-refractivity contribution in [3.63, 3.8) is 0 Å². The number of piperazine rings is 1. The molecule has 0 unspecified atom stereocenters. The zero-order chi connectivity index (χ0) is 21.8. The van der Waals surface area contributed by atoms with Gasteiger partial charge in [0, 0.05) is 51.5 Å². The molecule has 0 radical (unpaired) electrons. The summed E-state index contributed by atoms with van der Waals surface area (Å²) in [5.74, 6) is 0.601. The molecule has 0 saturated carbocycles. The summed E-state index contributed by atoms with van der Waals surface area (Å²) in [6.45, 7) is 7.80. The zero-order valence-corrected chi connectivity index (χ0v) is 18.3. The van der Waals surface area contributed by atoms with E-state index in [-0.39, 0.29) is 5.91 Å². The van der Waals surface area contributed by atoms with Gasteiger partial charge in [0.05, 0.1) is 11.2 Å². The number of carbonyl (C=O) groups excluding carboxylic acids is 1. The van der Waals surface area contributed by atoms with Gasteiger partial charge in [-0.2, -0.15) is 5.26 Å². The number of hydrogen-bond donors (Lipinski definition) is 1. The predicted molar refractivity (Wildman–Crippen MR) is 120 cm³/mol. The minimum atomic E-state index is 0.142. The Balaban J connectivity index is 1.48. The van der Waals surface area contributed by atoms with Crippen LogP contribution < -0.4 is 5.32 Å². The van der Waals surface area contributed by atoms with Gasteiger partial charge in [0.2, 0.25) is 11.9 Å². The normalized spacial score (nSPS) is 14.3. The van der Waals surface area contributed by atoms with Crippen LogP contribution in [0, 0.1) is 18.3 Å². The highest BCUT2D eigenvalue weighted by Crippen LogP contribution is 2.25. The Labute approximate surface area is 185 Å². The maximum Gasteiger partial charge on any atom is 0.227 e. The number of rotatable bonds is 5. The second-order valence-corrected chi connectivity index (χ2v) is 8.38. The Morgan fingerprint density at radius 1 is 1.23 bits per heavy atom. The topological polar surface area (TPSA) is 98.0 Å². The largest absolute Gasteiger partial charge is 0.340 e. The Morgan fingerprint density at radius 2 is 2.03 bits per heavy atom. The number of nitriles is 1. The van der Waals surface area contributed by atoms with Crippen molar-refractivity contribution in [3.05, 3.63) is 52.0 Å². The number of anilines is 2. The number of thiazole rings is 1. The van der Waals surface area contributed by atoms with Crippen molar-refractivity contribution in [2.45, 2.75) is 20.4 Å². The minimum absolute atomic E-state index is 0.142. The van der Waals surface area contributed by atoms with Gasteiger partial charge in [0.1, 0.15) is 16.6 Å². The molecule has 1 amide bonds. The molecule has 0 spiro atoms. The summed E-state index contributed by atoms with van der Waals surface area (Å²) in [4.78, 5) is 29.4. The van der Waals surface area contributed by atoms with E-state index in [0.29, 0.717) is 22.2 Å². The van der Waals surface area contributed by atoms with Gasteiger partial charge in [0.15, 0.2) is 0 Å². The summed E-state index contributed by atoms with van der Waals surface area (Å²) in [6.07, 6.45) is 1.66. The predicted octanol–water partition coefficient (Wildman–Crippen LogP) is 3.19. The molecule has 8 nitrogen and oxygen atoms in total. The van der Waals surface area contributed by atoms with Crippen molar-refractivity contribution >= 4 is 28.9 Å². The maximum absolute atomic E-state index is 11.5. The van der Waals surface area contributed by atoms with Crippen molar-refractivity contribution in [3.8, 4) is 17.5 Å². The van der Waals surface area contributed by atoms with Gasteiger partial charge in [-0.05, 0) is 36.2 Å². The molecule has 0 bridgehead atoms. The number of amides is 1. The van der Waals surface area contributed by atoms with E-state index in [1.807, 2.05) is 4.90 Å². The first-order chi connectivity index (χ1) is 15.0. The van der Waals surface area contributed by atoms with Crippen molar-refractivity contribution in [2.24, 2.45) is 0 Å². The molecule has 0 atom stereocenters. The number of hydrogen-bond acceptors (Lipinski definition) is 8. The van der Waals surface area contributed by atoms with Gasteiger partial charge in [-0.1, -0.05) is 6.07 Å². The second-order valence-electron chi connectivity index (χ2n) is 7.52. The molecule has 0 aliphatic carbocycles. The Hall–Kier alpha value is -3.35. The highest BCUT2D eigenvalue weighted by atomic mass is 32.1. The van der Waals surface area contributed by atoms with Gasteiger partial charge >= 0.3 is 0 Å². The maximum atomic E-state index is 11.5. The van der Waals surface area contributed by atoms with Crippen molar-refractivity contribution in [2.75, 3.05) is 31.5 Å². The first-order valence-corrected chi connectivity index (χ1v) is 10.9. The average molecular weight is 434 g/mol. The van der Waals surface area contributed by atoms with E-state index in [2.05, 4.69) is 56.4 Å². The Morgan fingerprint density at radius 3 is 2.77 bits per heavy atom. The molecule has 2 aromatic heterocycles. The summed E-state index contributed by atoms with van der Waals surface area (Å²) in [5.41, 5.74) is 6.09. The van der Waals surface area contributed by atoms with Crippen molar-refractivity contribution in [1.29, 1.82) is 5.26 Å². The molecule has 1 aliphatic rings. The lowest BCUT2D eigenvalue weighted by Gasteiger charge is -2.34. The molecule has 3 heterocycles. The van der Waals surface area contributed by atoms with E-state index in [1.54, 1.807) is 24.7 Å². The van der Waals surface area contributed by atoms with Crippen LogP contribution in [0.4, 0.5) is 11.6 Å². The number of aryl methyl sites for hydroxylation is 1. The molecule has 3 aromatic rings. The van der Waals surface area contributed by atoms with Crippen LogP contribution in [0.3, 0.4) is 0 Å². The highest BCUT2D eigenvalue weighted by Gasteiger charge is 2.19. The lowest BCUT2D eigenvalue weighted by molar-refractivity contribution is -0.130. The summed E-state index contributed by atoms with van der Waals surface area (Å²) in [7, 11) is 0. The number of aromatic nitrogens is 3. The van der Waals surface area contributed by atoms with E-state index >= 15 is 0 Å². The van der Waals surface area contributed by atoms with Gasteiger partial charge in [-0.15, -0.1) is 11.3 Å². The van der Waals surface area contributed by atoms with Gasteiger partial charge in [-0.3, -0.25) is 9.69 Å². The third-order valence-electron chi connectivity index (χ3n) is 5.18. The monoisotopic (exact) mass is 433 g/mol. The quantitative estimate of drug-likeness (QED) is 0.660. The van der Waals surface area contributed by atoms with Crippen molar-refractivity contribution < 1.29 is 4.79 Å². The first-order valence-electron chi connectivity index (χ1n) is 10.0. The molecule has 4 rings (SSSR count). The third-order valence-corrected chi connectivity index (χ3v) is 5.92. The SMILES string of the molecule is CC(=O)N1CCN(Cc2cc(C)cc(Nc3nccc(-c4ncsc4C#N)n3)c2)CC1. The van der Waals surface area contributed by atoms with Crippen LogP contribution in [0.5, 0.6) is 0 Å². The second kappa shape index (κ2) is 9.20. The zero-order valence-electron chi connectivity index (χ0n) is 17.5. The van der Waals surface area contributed by atoms with E-state index in [1.165, 1.54) is 16.9 Å². The van der Waals surface area contributed by atoms with Crippen molar-refractivity contribution in [1.82, 2.24) is 24.8 Å². The van der Waals surface area contributed by atoms with Crippen LogP contribution in [0.2, 0.25) is 0 Å². The van der Waals surface area contributed by atoms with Gasteiger partial charge in [-0.25, -0.2) is 15.0 Å². The Bertz CT molecular complexity index is 1130. The van der Waals surface area contributed by atoms with E-state index < -0.39 is 0 Å². The molecular formula is C22H23N7OS. The smallest absolute Gasteiger partial charge is 0.227 e. The lowest BCUT2D eigenvalue weighted by atomic mass is 10.1. The first kappa shape index (κ1) is 20.9. The summed E-state index contributed by atoms with van der Waals surface area (Å²) in [6, 6.07) is 10.2. The number of nitrogens with zero attached hydrogens (tertiary/aromatic N) is 6. The fourth-order valence-corrected chi connectivity index (χ4v) is 4.28. The highest BCUT2D eigenvalue weighted by molar-refractivity contribution is 7.10. The lowest BCUT2D eigenvalue weighted by Crippen LogP contribution is -2.47. The van der Waals surface area contributed by atoms with Crippen LogP contribution in [-0.2, 0) is 11.3 Å². The summed E-state index contributed by atoms with van der Waals surface area (Å²) >= 11 is 1.30. The van der Waals surface area contributed by atoms with Crippen LogP contribution in [0.1, 0.15) is 22.9 Å². The average Bonchev–Trinajstić information content (AvgIpc) is 3.23. The molecule has 1 aliphatic heterocycles. The van der Waals surface area contributed by atoms with Gasteiger partial charge < -0.3 is 10.2 Å². The van der Waals surface area contributed by atoms with Crippen LogP contribution in [-0.4, -0.2) is 56.8 Å². The number of carbonyl (C=O) groups is 1. The van der Waals surface area contributed by atoms with E-state index in [0.717, 1.165) is 44.0 Å². The molecule has 1 N–H and O–H groups in total. The third kappa shape index (κ3) is 5.05.